The van der Waals surface area contributed by atoms with Crippen LogP contribution in [0, 0.1) is 5.92 Å². The first-order valence-electron chi connectivity index (χ1n) is 11.9. The molecule has 2 N–H and O–H groups in total. The number of fused-ring (bicyclic) bond motifs is 2. The Hall–Kier alpha value is -4.07. The number of aliphatic hydroxyl groups excluding tert-OH is 1. The van der Waals surface area contributed by atoms with Gasteiger partial charge in [0.2, 0.25) is 0 Å². The fourth-order valence-corrected chi connectivity index (χ4v) is 4.82. The van der Waals surface area contributed by atoms with E-state index < -0.39 is 17.4 Å². The summed E-state index contributed by atoms with van der Waals surface area (Å²) in [5.41, 5.74) is 0.671. The average Bonchev–Trinajstić information content (AvgIpc) is 3.12. The summed E-state index contributed by atoms with van der Waals surface area (Å²) in [6.07, 6.45) is 5.66. The van der Waals surface area contributed by atoms with Crippen molar-refractivity contribution in [2.24, 2.45) is 5.92 Å². The molecular weight excluding hydrogens is 454 g/mol. The molecule has 0 spiro atoms. The molecule has 36 heavy (non-hydrogen) atoms. The minimum absolute atomic E-state index is 0.00377. The molecule has 0 fully saturated rings. The molecule has 1 amide bonds. The standard InChI is InChI=1S/C29H27N3O4/c1-20(9-6-7-16-33)29(36)25-14-4-5-15-26(25)31(28(29)35)19-21-10-8-12-23(17-21)32-27(34)24-13-3-2-11-22(24)18-30-32/h2-6,8-15,17-18,20,33,36H,7,16,19H2,1H3/b9-6+/t20-,29+/m1/s1. The van der Waals surface area contributed by atoms with E-state index in [4.69, 9.17) is 5.11 Å². The lowest BCUT2D eigenvalue weighted by atomic mass is 9.83. The van der Waals surface area contributed by atoms with Gasteiger partial charge in [-0.05, 0) is 36.2 Å². The van der Waals surface area contributed by atoms with E-state index in [-0.39, 0.29) is 18.7 Å². The molecule has 0 bridgehead atoms. The van der Waals surface area contributed by atoms with Gasteiger partial charge in [0.15, 0.2) is 5.60 Å². The highest BCUT2D eigenvalue weighted by atomic mass is 16.3. The minimum atomic E-state index is -1.71. The minimum Gasteiger partial charge on any atom is -0.396 e. The van der Waals surface area contributed by atoms with Gasteiger partial charge in [0, 0.05) is 23.5 Å². The smallest absolute Gasteiger partial charge is 0.279 e. The van der Waals surface area contributed by atoms with Gasteiger partial charge in [-0.25, -0.2) is 0 Å². The third kappa shape index (κ3) is 3.92. The lowest BCUT2D eigenvalue weighted by Crippen LogP contribution is -2.44. The number of carbonyl (C=O) groups is 1. The Labute approximate surface area is 208 Å². The van der Waals surface area contributed by atoms with Crippen LogP contribution in [-0.2, 0) is 16.9 Å². The van der Waals surface area contributed by atoms with Crippen LogP contribution in [0.1, 0.15) is 24.5 Å². The van der Waals surface area contributed by atoms with E-state index in [0.29, 0.717) is 28.7 Å². The van der Waals surface area contributed by atoms with Crippen LogP contribution in [0.3, 0.4) is 0 Å². The van der Waals surface area contributed by atoms with Crippen molar-refractivity contribution in [2.45, 2.75) is 25.5 Å². The third-order valence-corrected chi connectivity index (χ3v) is 6.75. The molecule has 5 rings (SSSR count). The molecule has 1 aliphatic rings. The number of anilines is 1. The first-order chi connectivity index (χ1) is 17.4. The summed E-state index contributed by atoms with van der Waals surface area (Å²) in [6.45, 7) is 2.02. The second kappa shape index (κ2) is 9.53. The van der Waals surface area contributed by atoms with Crippen molar-refractivity contribution in [2.75, 3.05) is 11.5 Å². The highest BCUT2D eigenvalue weighted by Crippen LogP contribution is 2.45. The number of amides is 1. The molecular formula is C29H27N3O4. The first kappa shape index (κ1) is 23.7. The normalized spacial score (nSPS) is 18.2. The van der Waals surface area contributed by atoms with Gasteiger partial charge in [0.05, 0.1) is 29.5 Å². The van der Waals surface area contributed by atoms with E-state index in [1.165, 1.54) is 4.68 Å². The van der Waals surface area contributed by atoms with Crippen molar-refractivity contribution >= 4 is 22.4 Å². The molecule has 7 heteroatoms. The van der Waals surface area contributed by atoms with Crippen LogP contribution >= 0.6 is 0 Å². The molecule has 0 saturated carbocycles. The molecule has 0 saturated heterocycles. The Bertz CT molecular complexity index is 1530. The van der Waals surface area contributed by atoms with Crippen LogP contribution in [0.4, 0.5) is 5.69 Å². The lowest BCUT2D eigenvalue weighted by Gasteiger charge is -2.27. The predicted octanol–water partition coefficient (Wildman–Crippen LogP) is 3.69. The van der Waals surface area contributed by atoms with Crippen molar-refractivity contribution in [3.63, 3.8) is 0 Å². The van der Waals surface area contributed by atoms with E-state index in [1.807, 2.05) is 54.6 Å². The van der Waals surface area contributed by atoms with Crippen LogP contribution in [0.15, 0.2) is 95.9 Å². The van der Waals surface area contributed by atoms with E-state index in [1.54, 1.807) is 48.4 Å². The first-order valence-corrected chi connectivity index (χ1v) is 11.9. The van der Waals surface area contributed by atoms with Crippen molar-refractivity contribution < 1.29 is 15.0 Å². The van der Waals surface area contributed by atoms with E-state index in [9.17, 15) is 14.7 Å². The van der Waals surface area contributed by atoms with Crippen molar-refractivity contribution in [3.8, 4) is 5.69 Å². The molecule has 0 aliphatic carbocycles. The zero-order valence-corrected chi connectivity index (χ0v) is 19.9. The van der Waals surface area contributed by atoms with Crippen LogP contribution in [0.5, 0.6) is 0 Å². The largest absolute Gasteiger partial charge is 0.396 e. The Balaban J connectivity index is 1.49. The second-order valence-corrected chi connectivity index (χ2v) is 9.02. The zero-order valence-electron chi connectivity index (χ0n) is 19.9. The van der Waals surface area contributed by atoms with Gasteiger partial charge in [-0.2, -0.15) is 9.78 Å². The maximum absolute atomic E-state index is 13.6. The maximum Gasteiger partial charge on any atom is 0.279 e. The number of hydrogen-bond donors (Lipinski definition) is 2. The second-order valence-electron chi connectivity index (χ2n) is 9.02. The molecule has 7 nitrogen and oxygen atoms in total. The quantitative estimate of drug-likeness (QED) is 0.393. The van der Waals surface area contributed by atoms with Crippen LogP contribution in [-0.4, -0.2) is 32.5 Å². The van der Waals surface area contributed by atoms with Crippen LogP contribution < -0.4 is 10.5 Å². The van der Waals surface area contributed by atoms with Crippen molar-refractivity contribution in [1.82, 2.24) is 9.78 Å². The Morgan fingerprint density at radius 3 is 2.64 bits per heavy atom. The van der Waals surface area contributed by atoms with Gasteiger partial charge in [0.25, 0.3) is 11.5 Å². The zero-order chi connectivity index (χ0) is 25.3. The molecule has 2 heterocycles. The maximum atomic E-state index is 13.6. The van der Waals surface area contributed by atoms with Crippen LogP contribution in [0.25, 0.3) is 16.5 Å². The van der Waals surface area contributed by atoms with E-state index >= 15 is 0 Å². The topological polar surface area (TPSA) is 95.7 Å². The molecule has 182 valence electrons. The van der Waals surface area contributed by atoms with Gasteiger partial charge >= 0.3 is 0 Å². The number of aliphatic hydroxyl groups is 2. The molecule has 3 aromatic carbocycles. The fraction of sp³-hybridized carbons (Fsp3) is 0.207. The summed E-state index contributed by atoms with van der Waals surface area (Å²) >= 11 is 0. The highest BCUT2D eigenvalue weighted by molar-refractivity contribution is 6.07. The van der Waals surface area contributed by atoms with Gasteiger partial charge < -0.3 is 15.1 Å². The number of aromatic nitrogens is 2. The number of para-hydroxylation sites is 1. The van der Waals surface area contributed by atoms with Gasteiger partial charge in [-0.15, -0.1) is 0 Å². The average molecular weight is 482 g/mol. The number of hydrogen-bond acceptors (Lipinski definition) is 5. The van der Waals surface area contributed by atoms with Gasteiger partial charge in [-0.3, -0.25) is 9.59 Å². The number of rotatable bonds is 7. The third-order valence-electron chi connectivity index (χ3n) is 6.75. The Kier molecular flexibility index (Phi) is 6.26. The summed E-state index contributed by atoms with van der Waals surface area (Å²) in [6, 6.07) is 21.9. The molecule has 1 aromatic heterocycles. The SMILES string of the molecule is C[C@H](/C=C/CCO)[C@@]1(O)C(=O)N(Cc2cccc(-n3ncc4ccccc4c3=O)c2)c2ccccc21. The summed E-state index contributed by atoms with van der Waals surface area (Å²) in [4.78, 5) is 28.3. The van der Waals surface area contributed by atoms with Crippen molar-refractivity contribution in [1.29, 1.82) is 0 Å². The fourth-order valence-electron chi connectivity index (χ4n) is 4.82. The van der Waals surface area contributed by atoms with Crippen LogP contribution in [0.2, 0.25) is 0 Å². The number of nitrogens with zero attached hydrogens (tertiary/aromatic N) is 3. The van der Waals surface area contributed by atoms with E-state index in [0.717, 1.165) is 10.9 Å². The molecule has 1 aliphatic heterocycles. The van der Waals surface area contributed by atoms with E-state index in [2.05, 4.69) is 5.10 Å². The molecule has 0 unspecified atom stereocenters. The van der Waals surface area contributed by atoms with Crippen molar-refractivity contribution in [3.05, 3.63) is 113 Å². The Morgan fingerprint density at radius 1 is 1.03 bits per heavy atom. The summed E-state index contributed by atoms with van der Waals surface area (Å²) in [5.74, 6) is -0.898. The number of benzene rings is 3. The molecule has 0 radical (unpaired) electrons. The summed E-state index contributed by atoms with van der Waals surface area (Å²) in [5, 5.41) is 26.4. The van der Waals surface area contributed by atoms with Gasteiger partial charge in [0.1, 0.15) is 0 Å². The summed E-state index contributed by atoms with van der Waals surface area (Å²) in [7, 11) is 0. The highest BCUT2D eigenvalue weighted by Gasteiger charge is 2.52. The van der Waals surface area contributed by atoms with Gasteiger partial charge in [-0.1, -0.05) is 67.6 Å². The predicted molar refractivity (Wildman–Crippen MR) is 139 cm³/mol. The molecule has 2 atom stereocenters. The Morgan fingerprint density at radius 2 is 1.81 bits per heavy atom. The molecule has 4 aromatic rings. The monoisotopic (exact) mass is 481 g/mol. The summed E-state index contributed by atoms with van der Waals surface area (Å²) < 4.78 is 1.36. The lowest BCUT2D eigenvalue weighted by molar-refractivity contribution is -0.139. The number of carbonyl (C=O) groups excluding carboxylic acids is 1.